The Bertz CT molecular complexity index is 345. The zero-order valence-corrected chi connectivity index (χ0v) is 11.8. The van der Waals surface area contributed by atoms with E-state index in [0.717, 1.165) is 15.8 Å². The predicted octanol–water partition coefficient (Wildman–Crippen LogP) is 2.71. The number of aryl methyl sites for hydroxylation is 1. The third-order valence-electron chi connectivity index (χ3n) is 2.39. The molecule has 1 amide bonds. The molecule has 0 aromatic carbocycles. The molecule has 1 heterocycles. The van der Waals surface area contributed by atoms with Gasteiger partial charge in [-0.15, -0.1) is 11.3 Å². The molecule has 1 aromatic heterocycles. The number of rotatable bonds is 5. The van der Waals surface area contributed by atoms with Gasteiger partial charge in [0.05, 0.1) is 8.66 Å². The number of amides is 1. The van der Waals surface area contributed by atoms with Crippen LogP contribution in [0.4, 0.5) is 0 Å². The molecule has 2 N–H and O–H groups in total. The van der Waals surface area contributed by atoms with Gasteiger partial charge in [-0.05, 0) is 47.3 Å². The van der Waals surface area contributed by atoms with Gasteiger partial charge >= 0.3 is 0 Å². The maximum absolute atomic E-state index is 11.9. The Hall–Kier alpha value is -0.390. The van der Waals surface area contributed by atoms with Gasteiger partial charge in [0.25, 0.3) is 5.91 Å². The third-order valence-corrected chi connectivity index (χ3v) is 4.52. The molecule has 1 atom stereocenters. The van der Waals surface area contributed by atoms with E-state index in [4.69, 9.17) is 5.11 Å². The molecule has 0 bridgehead atoms. The van der Waals surface area contributed by atoms with Crippen LogP contribution in [0, 0.1) is 6.92 Å². The number of hydrogen-bond donors (Lipinski definition) is 2. The Labute approximate surface area is 108 Å². The van der Waals surface area contributed by atoms with E-state index in [1.54, 1.807) is 0 Å². The second-order valence-electron chi connectivity index (χ2n) is 3.66. The molecule has 0 saturated heterocycles. The van der Waals surface area contributed by atoms with E-state index in [2.05, 4.69) is 21.2 Å². The van der Waals surface area contributed by atoms with Gasteiger partial charge in [-0.25, -0.2) is 0 Å². The van der Waals surface area contributed by atoms with Crippen LogP contribution < -0.4 is 5.32 Å². The van der Waals surface area contributed by atoms with Crippen molar-refractivity contribution < 1.29 is 9.90 Å². The molecule has 1 aromatic rings. The standard InChI is InChI=1S/C11H16BrNO2S/c1-3-8(4-5-14)13-11(15)9-6-7(2)10(12)16-9/h6,8,14H,3-5H2,1-2H3,(H,13,15). The van der Waals surface area contributed by atoms with Crippen molar-refractivity contribution in [2.75, 3.05) is 6.61 Å². The molecule has 3 nitrogen and oxygen atoms in total. The van der Waals surface area contributed by atoms with E-state index in [0.29, 0.717) is 11.3 Å². The van der Waals surface area contributed by atoms with Crippen LogP contribution in [0.25, 0.3) is 0 Å². The summed E-state index contributed by atoms with van der Waals surface area (Å²) < 4.78 is 0.993. The highest BCUT2D eigenvalue weighted by molar-refractivity contribution is 9.11. The smallest absolute Gasteiger partial charge is 0.261 e. The van der Waals surface area contributed by atoms with Gasteiger partial charge in [-0.3, -0.25) is 4.79 Å². The minimum absolute atomic E-state index is 0.0543. The van der Waals surface area contributed by atoms with E-state index < -0.39 is 0 Å². The van der Waals surface area contributed by atoms with Crippen LogP contribution >= 0.6 is 27.3 Å². The number of nitrogens with one attached hydrogen (secondary N) is 1. The minimum Gasteiger partial charge on any atom is -0.396 e. The lowest BCUT2D eigenvalue weighted by atomic mass is 10.1. The number of carbonyl (C=O) groups is 1. The molecule has 0 saturated carbocycles. The van der Waals surface area contributed by atoms with Crippen LogP contribution in [0.5, 0.6) is 0 Å². The molecule has 0 aliphatic rings. The van der Waals surface area contributed by atoms with E-state index >= 15 is 0 Å². The van der Waals surface area contributed by atoms with Crippen molar-refractivity contribution in [3.63, 3.8) is 0 Å². The second kappa shape index (κ2) is 6.37. The Kier molecular flexibility index (Phi) is 5.44. The Balaban J connectivity index is 2.64. The fourth-order valence-corrected chi connectivity index (χ4v) is 2.80. The maximum Gasteiger partial charge on any atom is 0.261 e. The first-order valence-electron chi connectivity index (χ1n) is 5.26. The van der Waals surface area contributed by atoms with E-state index in [-0.39, 0.29) is 18.6 Å². The summed E-state index contributed by atoms with van der Waals surface area (Å²) in [7, 11) is 0. The van der Waals surface area contributed by atoms with Crippen LogP contribution in [-0.2, 0) is 0 Å². The van der Waals surface area contributed by atoms with Crippen LogP contribution in [0.1, 0.15) is 35.0 Å². The van der Waals surface area contributed by atoms with Crippen LogP contribution in [-0.4, -0.2) is 23.7 Å². The average Bonchev–Trinajstić information content (AvgIpc) is 2.58. The first kappa shape index (κ1) is 13.7. The van der Waals surface area contributed by atoms with Crippen molar-refractivity contribution in [2.45, 2.75) is 32.7 Å². The van der Waals surface area contributed by atoms with Crippen molar-refractivity contribution in [1.82, 2.24) is 5.32 Å². The monoisotopic (exact) mass is 305 g/mol. The molecule has 0 aliphatic carbocycles. The normalized spacial score (nSPS) is 12.5. The summed E-state index contributed by atoms with van der Waals surface area (Å²) in [4.78, 5) is 12.6. The van der Waals surface area contributed by atoms with Crippen LogP contribution in [0.2, 0.25) is 0 Å². The molecule has 0 aliphatic heterocycles. The quantitative estimate of drug-likeness (QED) is 0.879. The number of aliphatic hydroxyl groups excluding tert-OH is 1. The van der Waals surface area contributed by atoms with Crippen molar-refractivity contribution in [3.8, 4) is 0 Å². The molecular formula is C11H16BrNO2S. The molecule has 90 valence electrons. The summed E-state index contributed by atoms with van der Waals surface area (Å²) in [5, 5.41) is 11.8. The highest BCUT2D eigenvalue weighted by atomic mass is 79.9. The van der Waals surface area contributed by atoms with Gasteiger partial charge in [0.2, 0.25) is 0 Å². The van der Waals surface area contributed by atoms with Gasteiger partial charge in [-0.2, -0.15) is 0 Å². The zero-order chi connectivity index (χ0) is 12.1. The lowest BCUT2D eigenvalue weighted by Gasteiger charge is -2.14. The summed E-state index contributed by atoms with van der Waals surface area (Å²) >= 11 is 4.83. The van der Waals surface area contributed by atoms with Gasteiger partial charge in [0.15, 0.2) is 0 Å². The van der Waals surface area contributed by atoms with Crippen molar-refractivity contribution in [1.29, 1.82) is 0 Å². The lowest BCUT2D eigenvalue weighted by molar-refractivity contribution is 0.0933. The van der Waals surface area contributed by atoms with E-state index in [9.17, 15) is 4.79 Å². The van der Waals surface area contributed by atoms with Crippen molar-refractivity contribution in [3.05, 3.63) is 20.3 Å². The average molecular weight is 306 g/mol. The van der Waals surface area contributed by atoms with Crippen LogP contribution in [0.15, 0.2) is 9.85 Å². The number of aliphatic hydroxyl groups is 1. The Morgan fingerprint density at radius 1 is 1.69 bits per heavy atom. The first-order chi connectivity index (χ1) is 7.58. The number of hydrogen-bond acceptors (Lipinski definition) is 3. The molecule has 1 rings (SSSR count). The molecule has 0 radical (unpaired) electrons. The Morgan fingerprint density at radius 2 is 2.38 bits per heavy atom. The number of thiophene rings is 1. The van der Waals surface area contributed by atoms with Gasteiger partial charge < -0.3 is 10.4 Å². The lowest BCUT2D eigenvalue weighted by Crippen LogP contribution is -2.34. The summed E-state index contributed by atoms with van der Waals surface area (Å²) in [6.45, 7) is 4.06. The van der Waals surface area contributed by atoms with Gasteiger partial charge in [-0.1, -0.05) is 6.92 Å². The molecule has 0 fully saturated rings. The van der Waals surface area contributed by atoms with E-state index in [1.807, 2.05) is 19.9 Å². The van der Waals surface area contributed by atoms with Gasteiger partial charge in [0.1, 0.15) is 0 Å². The molecule has 0 spiro atoms. The summed E-state index contributed by atoms with van der Waals surface area (Å²) in [5.41, 5.74) is 1.07. The second-order valence-corrected chi connectivity index (χ2v) is 6.03. The highest BCUT2D eigenvalue weighted by Gasteiger charge is 2.14. The SMILES string of the molecule is CCC(CCO)NC(=O)c1cc(C)c(Br)s1. The number of carbonyl (C=O) groups excluding carboxylic acids is 1. The molecule has 1 unspecified atom stereocenters. The zero-order valence-electron chi connectivity index (χ0n) is 9.42. The Morgan fingerprint density at radius 3 is 2.81 bits per heavy atom. The highest BCUT2D eigenvalue weighted by Crippen LogP contribution is 2.27. The minimum atomic E-state index is -0.0564. The summed E-state index contributed by atoms with van der Waals surface area (Å²) in [5.74, 6) is -0.0564. The number of halogens is 1. The summed E-state index contributed by atoms with van der Waals surface area (Å²) in [6, 6.07) is 1.93. The topological polar surface area (TPSA) is 49.3 Å². The fraction of sp³-hybridized carbons (Fsp3) is 0.545. The van der Waals surface area contributed by atoms with Crippen molar-refractivity contribution >= 4 is 33.2 Å². The molecular weight excluding hydrogens is 290 g/mol. The molecule has 16 heavy (non-hydrogen) atoms. The third kappa shape index (κ3) is 3.57. The molecule has 5 heteroatoms. The predicted molar refractivity (Wildman–Crippen MR) is 70.0 cm³/mol. The maximum atomic E-state index is 11.9. The van der Waals surface area contributed by atoms with Gasteiger partial charge in [0, 0.05) is 12.6 Å². The first-order valence-corrected chi connectivity index (χ1v) is 6.87. The fourth-order valence-electron chi connectivity index (χ4n) is 1.36. The van der Waals surface area contributed by atoms with Crippen molar-refractivity contribution in [2.24, 2.45) is 0 Å². The largest absolute Gasteiger partial charge is 0.396 e. The van der Waals surface area contributed by atoms with E-state index in [1.165, 1.54) is 11.3 Å². The summed E-state index contributed by atoms with van der Waals surface area (Å²) in [6.07, 6.45) is 1.44. The van der Waals surface area contributed by atoms with Crippen LogP contribution in [0.3, 0.4) is 0 Å².